The van der Waals surface area contributed by atoms with Crippen LogP contribution in [0.1, 0.15) is 48.5 Å². The zero-order valence-corrected chi connectivity index (χ0v) is 16.1. The quantitative estimate of drug-likeness (QED) is 0.676. The molecule has 2 N–H and O–H groups in total. The van der Waals surface area contributed by atoms with Crippen molar-refractivity contribution in [3.63, 3.8) is 0 Å². The second-order valence-corrected chi connectivity index (χ2v) is 8.15. The van der Waals surface area contributed by atoms with E-state index in [9.17, 15) is 4.79 Å². The van der Waals surface area contributed by atoms with Gasteiger partial charge in [0.1, 0.15) is 0 Å². The third-order valence-electron chi connectivity index (χ3n) is 5.45. The number of nitrogens with zero attached hydrogens (tertiary/aromatic N) is 1. The molecule has 1 aliphatic heterocycles. The molecule has 1 fully saturated rings. The van der Waals surface area contributed by atoms with E-state index in [2.05, 4.69) is 47.4 Å². The highest BCUT2D eigenvalue weighted by atomic mass is 32.1. The largest absolute Gasteiger partial charge is 0.361 e. The molecule has 0 aliphatic carbocycles. The highest BCUT2D eigenvalue weighted by Gasteiger charge is 2.24. The summed E-state index contributed by atoms with van der Waals surface area (Å²) in [5.74, 6) is 0.537. The number of aromatic nitrogens is 1. The number of likely N-dealkylation sites (tertiary alicyclic amines) is 1. The third kappa shape index (κ3) is 3.41. The van der Waals surface area contributed by atoms with Crippen molar-refractivity contribution in [2.24, 2.45) is 0 Å². The number of benzene rings is 1. The number of hydrogen-bond donors (Lipinski definition) is 2. The van der Waals surface area contributed by atoms with Crippen molar-refractivity contribution in [1.29, 1.82) is 0 Å². The predicted octanol–water partition coefficient (Wildman–Crippen LogP) is 5.07. The Morgan fingerprint density at radius 3 is 2.77 bits per heavy atom. The van der Waals surface area contributed by atoms with Gasteiger partial charge in [0, 0.05) is 34.2 Å². The smallest absolute Gasteiger partial charge is 0.256 e. The van der Waals surface area contributed by atoms with Crippen LogP contribution in [-0.2, 0) is 0 Å². The van der Waals surface area contributed by atoms with Crippen LogP contribution < -0.4 is 5.32 Å². The van der Waals surface area contributed by atoms with Crippen molar-refractivity contribution in [3.05, 3.63) is 52.3 Å². The Morgan fingerprint density at radius 1 is 1.27 bits per heavy atom. The van der Waals surface area contributed by atoms with Gasteiger partial charge in [-0.3, -0.25) is 4.79 Å². The van der Waals surface area contributed by atoms with Gasteiger partial charge in [-0.1, -0.05) is 0 Å². The molecule has 5 heteroatoms. The summed E-state index contributed by atoms with van der Waals surface area (Å²) in [4.78, 5) is 18.3. The summed E-state index contributed by atoms with van der Waals surface area (Å²) in [5.41, 5.74) is 4.09. The van der Waals surface area contributed by atoms with Crippen molar-refractivity contribution < 1.29 is 4.79 Å². The first-order valence-electron chi connectivity index (χ1n) is 9.30. The highest BCUT2D eigenvalue weighted by Crippen LogP contribution is 2.34. The lowest BCUT2D eigenvalue weighted by Gasteiger charge is -2.34. The second kappa shape index (κ2) is 7.25. The summed E-state index contributed by atoms with van der Waals surface area (Å²) in [6.45, 7) is 6.86. The molecule has 1 aromatic carbocycles. The molecule has 4 nitrogen and oxygen atoms in total. The van der Waals surface area contributed by atoms with Gasteiger partial charge in [0.15, 0.2) is 0 Å². The van der Waals surface area contributed by atoms with Crippen LogP contribution in [0.15, 0.2) is 41.2 Å². The zero-order valence-electron chi connectivity index (χ0n) is 15.3. The molecule has 3 heterocycles. The van der Waals surface area contributed by atoms with Gasteiger partial charge < -0.3 is 15.2 Å². The fourth-order valence-electron chi connectivity index (χ4n) is 3.88. The Kier molecular flexibility index (Phi) is 4.83. The van der Waals surface area contributed by atoms with Gasteiger partial charge in [-0.2, -0.15) is 11.3 Å². The van der Waals surface area contributed by atoms with Crippen molar-refractivity contribution in [2.45, 2.75) is 38.6 Å². The first kappa shape index (κ1) is 17.3. The number of fused-ring (bicyclic) bond motifs is 1. The van der Waals surface area contributed by atoms with Gasteiger partial charge in [-0.15, -0.1) is 0 Å². The lowest BCUT2D eigenvalue weighted by Crippen LogP contribution is -2.37. The predicted molar refractivity (Wildman–Crippen MR) is 109 cm³/mol. The average molecular weight is 368 g/mol. The molecule has 4 rings (SSSR count). The molecule has 0 atom stereocenters. The molecule has 0 radical (unpaired) electrons. The van der Waals surface area contributed by atoms with E-state index in [4.69, 9.17) is 0 Å². The molecule has 0 unspecified atom stereocenters. The Hall–Kier alpha value is -2.11. The number of H-pyrrole nitrogens is 1. The SMILES string of the molecule is CC(C)N1CCC(c2c[nH]c3ccc(NC(=O)c4ccsc4)cc23)CC1. The lowest BCUT2D eigenvalue weighted by molar-refractivity contribution is 0.102. The van der Waals surface area contributed by atoms with E-state index in [0.29, 0.717) is 17.5 Å². The van der Waals surface area contributed by atoms with Gasteiger partial charge in [-0.05, 0) is 80.9 Å². The van der Waals surface area contributed by atoms with E-state index >= 15 is 0 Å². The summed E-state index contributed by atoms with van der Waals surface area (Å²) < 4.78 is 0. The lowest BCUT2D eigenvalue weighted by atomic mass is 9.88. The van der Waals surface area contributed by atoms with Crippen LogP contribution in [-0.4, -0.2) is 34.9 Å². The monoisotopic (exact) mass is 367 g/mol. The van der Waals surface area contributed by atoms with Gasteiger partial charge in [0.25, 0.3) is 5.91 Å². The van der Waals surface area contributed by atoms with Gasteiger partial charge in [-0.25, -0.2) is 0 Å². The molecule has 26 heavy (non-hydrogen) atoms. The fraction of sp³-hybridized carbons (Fsp3) is 0.381. The molecule has 0 spiro atoms. The second-order valence-electron chi connectivity index (χ2n) is 7.37. The molecular formula is C21H25N3OS. The first-order chi connectivity index (χ1) is 12.6. The average Bonchev–Trinajstić information content (AvgIpc) is 3.31. The standard InChI is InChI=1S/C21H25N3OS/c1-14(2)24-8-5-15(6-9-24)19-12-22-20-4-3-17(11-18(19)20)23-21(25)16-7-10-26-13-16/h3-4,7,10-15,22H,5-6,8-9H2,1-2H3,(H,23,25). The number of carbonyl (C=O) groups excluding carboxylic acids is 1. The van der Waals surface area contributed by atoms with E-state index in [1.165, 1.54) is 35.1 Å². The van der Waals surface area contributed by atoms with Crippen LogP contribution in [0.5, 0.6) is 0 Å². The van der Waals surface area contributed by atoms with Crippen molar-refractivity contribution in [1.82, 2.24) is 9.88 Å². The molecule has 2 aromatic heterocycles. The van der Waals surface area contributed by atoms with Gasteiger partial charge in [0.05, 0.1) is 5.56 Å². The summed E-state index contributed by atoms with van der Waals surface area (Å²) >= 11 is 1.54. The Bertz CT molecular complexity index is 889. The van der Waals surface area contributed by atoms with Crippen LogP contribution in [0.4, 0.5) is 5.69 Å². The maximum Gasteiger partial charge on any atom is 0.256 e. The normalized spacial score (nSPS) is 16.4. The number of nitrogens with one attached hydrogen (secondary N) is 2. The number of piperidine rings is 1. The highest BCUT2D eigenvalue weighted by molar-refractivity contribution is 7.08. The number of anilines is 1. The van der Waals surface area contributed by atoms with Gasteiger partial charge in [0.2, 0.25) is 0 Å². The maximum atomic E-state index is 12.3. The topological polar surface area (TPSA) is 48.1 Å². The molecule has 0 saturated carbocycles. The summed E-state index contributed by atoms with van der Waals surface area (Å²) in [7, 11) is 0. The van der Waals surface area contributed by atoms with Crippen LogP contribution in [0.3, 0.4) is 0 Å². The van der Waals surface area contributed by atoms with Crippen molar-refractivity contribution >= 4 is 33.8 Å². The molecule has 1 saturated heterocycles. The number of thiophene rings is 1. The molecule has 1 amide bonds. The molecular weight excluding hydrogens is 342 g/mol. The Labute approximate surface area is 158 Å². The minimum atomic E-state index is -0.0482. The van der Waals surface area contributed by atoms with Gasteiger partial charge >= 0.3 is 0 Å². The number of carbonyl (C=O) groups is 1. The first-order valence-corrected chi connectivity index (χ1v) is 10.2. The van der Waals surface area contributed by atoms with E-state index < -0.39 is 0 Å². The van der Waals surface area contributed by atoms with Crippen LogP contribution >= 0.6 is 11.3 Å². The molecule has 3 aromatic rings. The van der Waals surface area contributed by atoms with Crippen molar-refractivity contribution in [3.8, 4) is 0 Å². The minimum Gasteiger partial charge on any atom is -0.361 e. The summed E-state index contributed by atoms with van der Waals surface area (Å²) in [5, 5.41) is 8.05. The zero-order chi connectivity index (χ0) is 18.1. The maximum absolute atomic E-state index is 12.3. The molecule has 1 aliphatic rings. The number of amides is 1. The minimum absolute atomic E-state index is 0.0482. The van der Waals surface area contributed by atoms with Crippen LogP contribution in [0.25, 0.3) is 10.9 Å². The van der Waals surface area contributed by atoms with E-state index in [1.54, 1.807) is 0 Å². The number of aromatic amines is 1. The van der Waals surface area contributed by atoms with E-state index in [1.807, 2.05) is 22.9 Å². The fourth-order valence-corrected chi connectivity index (χ4v) is 4.52. The summed E-state index contributed by atoms with van der Waals surface area (Å²) in [6.07, 6.45) is 4.54. The Balaban J connectivity index is 1.54. The number of rotatable bonds is 4. The van der Waals surface area contributed by atoms with E-state index in [0.717, 1.165) is 24.3 Å². The van der Waals surface area contributed by atoms with Crippen molar-refractivity contribution in [2.75, 3.05) is 18.4 Å². The van der Waals surface area contributed by atoms with E-state index in [-0.39, 0.29) is 5.91 Å². The molecule has 136 valence electrons. The summed E-state index contributed by atoms with van der Waals surface area (Å²) in [6, 6.07) is 8.61. The van der Waals surface area contributed by atoms with Crippen LogP contribution in [0.2, 0.25) is 0 Å². The molecule has 0 bridgehead atoms. The number of hydrogen-bond acceptors (Lipinski definition) is 3. The van der Waals surface area contributed by atoms with Crippen LogP contribution in [0, 0.1) is 0 Å². The Morgan fingerprint density at radius 2 is 2.08 bits per heavy atom. The third-order valence-corrected chi connectivity index (χ3v) is 6.14.